The molecule has 2 saturated heterocycles. The van der Waals surface area contributed by atoms with Gasteiger partial charge in [-0.05, 0) is 67.5 Å². The van der Waals surface area contributed by atoms with Crippen molar-refractivity contribution in [2.24, 2.45) is 0 Å². The Morgan fingerprint density at radius 2 is 1.97 bits per heavy atom. The highest BCUT2D eigenvalue weighted by Crippen LogP contribution is 2.41. The molecule has 6 nitrogen and oxygen atoms in total. The zero-order valence-corrected chi connectivity index (χ0v) is 18.2. The first-order valence-corrected chi connectivity index (χ1v) is 11.3. The van der Waals surface area contributed by atoms with E-state index in [4.69, 9.17) is 9.47 Å². The van der Waals surface area contributed by atoms with Gasteiger partial charge in [0.05, 0.1) is 24.3 Å². The van der Waals surface area contributed by atoms with E-state index >= 15 is 0 Å². The van der Waals surface area contributed by atoms with Crippen LogP contribution >= 0.6 is 0 Å². The first-order chi connectivity index (χ1) is 15.5. The molecule has 2 aromatic carbocycles. The van der Waals surface area contributed by atoms with Crippen molar-refractivity contribution in [2.75, 3.05) is 19.8 Å². The number of carbonyl (C=O) groups excluding carboxylic acids is 2. The Morgan fingerprint density at radius 3 is 2.75 bits per heavy atom. The van der Waals surface area contributed by atoms with Gasteiger partial charge >= 0.3 is 0 Å². The van der Waals surface area contributed by atoms with Gasteiger partial charge in [-0.25, -0.2) is 0 Å². The zero-order chi connectivity index (χ0) is 22.2. The third-order valence-corrected chi connectivity index (χ3v) is 6.63. The molecule has 3 aliphatic rings. The highest BCUT2D eigenvalue weighted by atomic mass is 16.5. The van der Waals surface area contributed by atoms with Gasteiger partial charge in [0.1, 0.15) is 11.5 Å². The molecule has 0 spiro atoms. The molecule has 3 heterocycles. The van der Waals surface area contributed by atoms with Crippen molar-refractivity contribution in [1.29, 1.82) is 0 Å². The van der Waals surface area contributed by atoms with Crippen LogP contribution in [0.15, 0.2) is 48.0 Å². The fraction of sp³-hybridized carbons (Fsp3) is 0.385. The predicted octanol–water partition coefficient (Wildman–Crippen LogP) is 3.92. The second kappa shape index (κ2) is 8.43. The number of aliphatic hydroxyl groups excluding tert-OH is 1. The summed E-state index contributed by atoms with van der Waals surface area (Å²) < 4.78 is 11.4. The van der Waals surface area contributed by atoms with Crippen molar-refractivity contribution < 1.29 is 24.2 Å². The van der Waals surface area contributed by atoms with Crippen LogP contribution in [0, 0.1) is 6.92 Å². The van der Waals surface area contributed by atoms with Crippen molar-refractivity contribution in [3.05, 3.63) is 70.3 Å². The summed E-state index contributed by atoms with van der Waals surface area (Å²) in [4.78, 5) is 27.9. The number of aryl methyl sites for hydroxylation is 2. The maximum absolute atomic E-state index is 13.2. The molecule has 0 radical (unpaired) electrons. The van der Waals surface area contributed by atoms with Crippen LogP contribution in [0.5, 0.6) is 5.75 Å². The maximum atomic E-state index is 13.2. The molecule has 2 unspecified atom stereocenters. The predicted molar refractivity (Wildman–Crippen MR) is 119 cm³/mol. The number of ketones is 1. The lowest BCUT2D eigenvalue weighted by Crippen LogP contribution is -2.36. The number of rotatable bonds is 4. The summed E-state index contributed by atoms with van der Waals surface area (Å²) in [7, 11) is 0. The second-order valence-corrected chi connectivity index (χ2v) is 8.72. The van der Waals surface area contributed by atoms with E-state index in [1.54, 1.807) is 11.0 Å². The van der Waals surface area contributed by atoms with Crippen molar-refractivity contribution in [3.63, 3.8) is 0 Å². The summed E-state index contributed by atoms with van der Waals surface area (Å²) in [6.45, 7) is 3.64. The van der Waals surface area contributed by atoms with Gasteiger partial charge in [-0.2, -0.15) is 0 Å². The number of likely N-dealkylation sites (tertiary alicyclic amines) is 1. The standard InChI is InChI=1S/C26H27NO5/c1-16-6-2-3-9-20(16)23-22(25(29)26(30)27(23)15-19-8-5-12-31-19)24(28)18-10-11-21-17(14-18)7-4-13-32-21/h2-3,6,9-11,14,19,23,28H,4-5,7-8,12-13,15H2,1H3/b24-22+. The lowest BCUT2D eigenvalue weighted by Gasteiger charge is -2.28. The van der Waals surface area contributed by atoms with Crippen molar-refractivity contribution in [3.8, 4) is 5.75 Å². The summed E-state index contributed by atoms with van der Waals surface area (Å²) in [5.74, 6) is -0.568. The quantitative estimate of drug-likeness (QED) is 0.449. The Labute approximate surface area is 187 Å². The van der Waals surface area contributed by atoms with Crippen LogP contribution in [-0.4, -0.2) is 47.6 Å². The first-order valence-electron chi connectivity index (χ1n) is 11.3. The van der Waals surface area contributed by atoms with Gasteiger partial charge in [-0.15, -0.1) is 0 Å². The molecule has 2 aromatic rings. The number of amides is 1. The topological polar surface area (TPSA) is 76.1 Å². The summed E-state index contributed by atoms with van der Waals surface area (Å²) >= 11 is 0. The average molecular weight is 434 g/mol. The number of ether oxygens (including phenoxy) is 2. The lowest BCUT2D eigenvalue weighted by molar-refractivity contribution is -0.140. The molecule has 1 amide bonds. The van der Waals surface area contributed by atoms with Crippen LogP contribution in [0.3, 0.4) is 0 Å². The number of Topliss-reactive ketones (excluding diaryl/α,β-unsaturated/α-hetero) is 1. The Hall–Kier alpha value is -3.12. The first kappa shape index (κ1) is 20.8. The van der Waals surface area contributed by atoms with Crippen LogP contribution in [-0.2, 0) is 20.7 Å². The molecule has 166 valence electrons. The normalized spacial score (nSPS) is 24.5. The highest BCUT2D eigenvalue weighted by molar-refractivity contribution is 6.46. The monoisotopic (exact) mass is 433 g/mol. The van der Waals surface area contributed by atoms with Crippen molar-refractivity contribution in [2.45, 2.75) is 44.8 Å². The van der Waals surface area contributed by atoms with Gasteiger partial charge in [0.2, 0.25) is 0 Å². The summed E-state index contributed by atoms with van der Waals surface area (Å²) in [6.07, 6.45) is 3.47. The molecule has 2 fully saturated rings. The Bertz CT molecular complexity index is 1100. The Morgan fingerprint density at radius 1 is 1.12 bits per heavy atom. The molecule has 0 aliphatic carbocycles. The van der Waals surface area contributed by atoms with E-state index < -0.39 is 17.7 Å². The van der Waals surface area contributed by atoms with Crippen LogP contribution < -0.4 is 4.74 Å². The number of benzene rings is 2. The number of hydrogen-bond acceptors (Lipinski definition) is 5. The lowest BCUT2D eigenvalue weighted by atomic mass is 9.91. The second-order valence-electron chi connectivity index (χ2n) is 8.72. The number of hydrogen-bond donors (Lipinski definition) is 1. The molecule has 0 saturated carbocycles. The van der Waals surface area contributed by atoms with Gasteiger partial charge in [0, 0.05) is 18.7 Å². The zero-order valence-electron chi connectivity index (χ0n) is 18.2. The van der Waals surface area contributed by atoms with E-state index in [1.165, 1.54) is 0 Å². The molecule has 1 N–H and O–H groups in total. The summed E-state index contributed by atoms with van der Waals surface area (Å²) in [6, 6.07) is 12.5. The van der Waals surface area contributed by atoms with E-state index in [1.807, 2.05) is 43.3 Å². The average Bonchev–Trinajstić information content (AvgIpc) is 3.41. The molecule has 0 bridgehead atoms. The maximum Gasteiger partial charge on any atom is 0.295 e. The fourth-order valence-corrected chi connectivity index (χ4v) is 4.96. The van der Waals surface area contributed by atoms with E-state index in [-0.39, 0.29) is 17.4 Å². The van der Waals surface area contributed by atoms with Gasteiger partial charge in [-0.1, -0.05) is 24.3 Å². The number of nitrogens with zero attached hydrogens (tertiary/aromatic N) is 1. The summed E-state index contributed by atoms with van der Waals surface area (Å²) in [5.41, 5.74) is 3.47. The molecular formula is C26H27NO5. The molecule has 2 atom stereocenters. The molecule has 0 aromatic heterocycles. The van der Waals surface area contributed by atoms with Gasteiger partial charge in [0.25, 0.3) is 11.7 Å². The van der Waals surface area contributed by atoms with Crippen LogP contribution in [0.4, 0.5) is 0 Å². The highest BCUT2D eigenvalue weighted by Gasteiger charge is 2.47. The largest absolute Gasteiger partial charge is 0.507 e. The van der Waals surface area contributed by atoms with Crippen LogP contribution in [0.2, 0.25) is 0 Å². The minimum atomic E-state index is -0.650. The van der Waals surface area contributed by atoms with E-state index in [9.17, 15) is 14.7 Å². The molecule has 3 aliphatic heterocycles. The van der Waals surface area contributed by atoms with Crippen molar-refractivity contribution >= 4 is 17.4 Å². The Balaban J connectivity index is 1.62. The third kappa shape index (κ3) is 3.58. The molecule has 5 rings (SSSR count). The number of fused-ring (bicyclic) bond motifs is 1. The third-order valence-electron chi connectivity index (χ3n) is 6.63. The van der Waals surface area contributed by atoms with Gasteiger partial charge in [0.15, 0.2) is 0 Å². The molecule has 6 heteroatoms. The number of carbonyl (C=O) groups is 2. The smallest absolute Gasteiger partial charge is 0.295 e. The minimum absolute atomic E-state index is 0.0966. The van der Waals surface area contributed by atoms with Crippen LogP contribution in [0.1, 0.15) is 47.6 Å². The number of aliphatic hydroxyl groups is 1. The SMILES string of the molecule is Cc1ccccc1C1/C(=C(\O)c2ccc3c(c2)CCCO3)C(=O)C(=O)N1CC1CCCO1. The summed E-state index contributed by atoms with van der Waals surface area (Å²) in [5, 5.41) is 11.3. The minimum Gasteiger partial charge on any atom is -0.507 e. The van der Waals surface area contributed by atoms with Crippen LogP contribution in [0.25, 0.3) is 5.76 Å². The fourth-order valence-electron chi connectivity index (χ4n) is 4.96. The van der Waals surface area contributed by atoms with E-state index in [2.05, 4.69) is 0 Å². The van der Waals surface area contributed by atoms with Gasteiger partial charge in [-0.3, -0.25) is 9.59 Å². The Kier molecular flexibility index (Phi) is 5.47. The van der Waals surface area contributed by atoms with E-state index in [0.29, 0.717) is 25.3 Å². The molecular weight excluding hydrogens is 406 g/mol. The van der Waals surface area contributed by atoms with E-state index in [0.717, 1.165) is 48.1 Å². The molecule has 32 heavy (non-hydrogen) atoms. The van der Waals surface area contributed by atoms with Crippen molar-refractivity contribution in [1.82, 2.24) is 4.90 Å². The van der Waals surface area contributed by atoms with Gasteiger partial charge < -0.3 is 19.5 Å².